The van der Waals surface area contributed by atoms with Gasteiger partial charge in [0.15, 0.2) is 0 Å². The molecule has 2 aliphatic heterocycles. The Bertz CT molecular complexity index is 396. The van der Waals surface area contributed by atoms with Gasteiger partial charge in [0.25, 0.3) is 0 Å². The van der Waals surface area contributed by atoms with Gasteiger partial charge in [0.1, 0.15) is 12.1 Å². The molecule has 2 heterocycles. The number of hydrogen-bond donors (Lipinski definition) is 0. The SMILES string of the molecule is CCC1C(=O)N2CCCCC2C(=O)N1CC1CC1C. The van der Waals surface area contributed by atoms with Crippen molar-refractivity contribution in [3.63, 3.8) is 0 Å². The molecule has 0 aromatic carbocycles. The predicted octanol–water partition coefficient (Wildman–Crippen LogP) is 1.64. The fourth-order valence-electron chi connectivity index (χ4n) is 3.64. The number of piperazine rings is 1. The maximum atomic E-state index is 12.7. The Balaban J connectivity index is 1.80. The standard InChI is InChI=1S/C15H24N2O2/c1-3-12-14(18)16-7-5-4-6-13(16)15(19)17(12)9-11-8-10(11)2/h10-13H,3-9H2,1-2H3. The molecule has 0 spiro atoms. The normalized spacial score (nSPS) is 38.4. The summed E-state index contributed by atoms with van der Waals surface area (Å²) in [6.07, 6.45) is 4.94. The van der Waals surface area contributed by atoms with Crippen molar-refractivity contribution < 1.29 is 9.59 Å². The van der Waals surface area contributed by atoms with Crippen LogP contribution in [0, 0.1) is 11.8 Å². The Labute approximate surface area is 115 Å². The molecule has 3 rings (SSSR count). The first-order chi connectivity index (χ1) is 9.13. The zero-order chi connectivity index (χ0) is 13.6. The second-order valence-corrected chi connectivity index (χ2v) is 6.43. The molecule has 1 saturated carbocycles. The number of nitrogens with zero attached hydrogens (tertiary/aromatic N) is 2. The number of piperidine rings is 1. The minimum Gasteiger partial charge on any atom is -0.329 e. The monoisotopic (exact) mass is 264 g/mol. The van der Waals surface area contributed by atoms with Crippen molar-refractivity contribution in [2.75, 3.05) is 13.1 Å². The van der Waals surface area contributed by atoms with Crippen LogP contribution >= 0.6 is 0 Å². The fourth-order valence-corrected chi connectivity index (χ4v) is 3.64. The van der Waals surface area contributed by atoms with Crippen LogP contribution in [-0.4, -0.2) is 46.8 Å². The van der Waals surface area contributed by atoms with Gasteiger partial charge in [-0.05, 0) is 43.9 Å². The smallest absolute Gasteiger partial charge is 0.246 e. The molecule has 19 heavy (non-hydrogen) atoms. The second kappa shape index (κ2) is 4.80. The average Bonchev–Trinajstić information content (AvgIpc) is 3.12. The molecule has 0 N–H and O–H groups in total. The summed E-state index contributed by atoms with van der Waals surface area (Å²) in [5.41, 5.74) is 0. The summed E-state index contributed by atoms with van der Waals surface area (Å²) in [6, 6.07) is -0.354. The molecule has 106 valence electrons. The van der Waals surface area contributed by atoms with E-state index < -0.39 is 0 Å². The van der Waals surface area contributed by atoms with E-state index in [2.05, 4.69) is 6.92 Å². The highest BCUT2D eigenvalue weighted by molar-refractivity contribution is 5.97. The van der Waals surface area contributed by atoms with Gasteiger partial charge in [0.05, 0.1) is 0 Å². The molecule has 1 aliphatic carbocycles. The van der Waals surface area contributed by atoms with Crippen LogP contribution in [-0.2, 0) is 9.59 Å². The number of amides is 2. The Hall–Kier alpha value is -1.06. The molecule has 2 saturated heterocycles. The fraction of sp³-hybridized carbons (Fsp3) is 0.867. The molecule has 4 atom stereocenters. The predicted molar refractivity (Wildman–Crippen MR) is 72.4 cm³/mol. The lowest BCUT2D eigenvalue weighted by Crippen LogP contribution is -2.65. The van der Waals surface area contributed by atoms with E-state index in [1.807, 2.05) is 16.7 Å². The summed E-state index contributed by atoms with van der Waals surface area (Å²) in [5, 5.41) is 0. The zero-order valence-electron chi connectivity index (χ0n) is 12.0. The van der Waals surface area contributed by atoms with Gasteiger partial charge in [-0.2, -0.15) is 0 Å². The van der Waals surface area contributed by atoms with Crippen molar-refractivity contribution in [2.45, 2.75) is 58.0 Å². The van der Waals surface area contributed by atoms with Crippen molar-refractivity contribution in [3.05, 3.63) is 0 Å². The van der Waals surface area contributed by atoms with Crippen LogP contribution < -0.4 is 0 Å². The lowest BCUT2D eigenvalue weighted by Gasteiger charge is -2.47. The summed E-state index contributed by atoms with van der Waals surface area (Å²) in [4.78, 5) is 29.0. The topological polar surface area (TPSA) is 40.6 Å². The summed E-state index contributed by atoms with van der Waals surface area (Å²) in [5.74, 6) is 1.76. The first-order valence-corrected chi connectivity index (χ1v) is 7.74. The molecule has 0 aromatic rings. The van der Waals surface area contributed by atoms with Crippen LogP contribution in [0.1, 0.15) is 46.0 Å². The lowest BCUT2D eigenvalue weighted by atomic mass is 9.94. The third kappa shape index (κ3) is 2.15. The average molecular weight is 264 g/mol. The first-order valence-electron chi connectivity index (χ1n) is 7.74. The number of rotatable bonds is 3. The van der Waals surface area contributed by atoms with E-state index in [4.69, 9.17) is 0 Å². The Morgan fingerprint density at radius 1 is 1.21 bits per heavy atom. The van der Waals surface area contributed by atoms with Gasteiger partial charge in [-0.3, -0.25) is 9.59 Å². The van der Waals surface area contributed by atoms with Crippen LogP contribution in [0.5, 0.6) is 0 Å². The van der Waals surface area contributed by atoms with E-state index in [0.717, 1.165) is 44.7 Å². The van der Waals surface area contributed by atoms with Crippen molar-refractivity contribution in [1.29, 1.82) is 0 Å². The van der Waals surface area contributed by atoms with Gasteiger partial charge >= 0.3 is 0 Å². The van der Waals surface area contributed by atoms with Crippen molar-refractivity contribution in [2.24, 2.45) is 11.8 Å². The molecule has 0 aromatic heterocycles. The van der Waals surface area contributed by atoms with E-state index in [1.165, 1.54) is 6.42 Å². The van der Waals surface area contributed by atoms with Crippen molar-refractivity contribution >= 4 is 11.8 Å². The maximum Gasteiger partial charge on any atom is 0.246 e. The van der Waals surface area contributed by atoms with Gasteiger partial charge in [-0.15, -0.1) is 0 Å². The summed E-state index contributed by atoms with van der Waals surface area (Å²) in [7, 11) is 0. The molecule has 2 amide bonds. The molecule has 4 unspecified atom stereocenters. The highest BCUT2D eigenvalue weighted by atomic mass is 16.2. The summed E-state index contributed by atoms with van der Waals surface area (Å²) < 4.78 is 0. The molecule has 3 aliphatic rings. The van der Waals surface area contributed by atoms with Crippen LogP contribution in [0.2, 0.25) is 0 Å². The van der Waals surface area contributed by atoms with Crippen LogP contribution in [0.25, 0.3) is 0 Å². The highest BCUT2D eigenvalue weighted by Crippen LogP contribution is 2.40. The van der Waals surface area contributed by atoms with Gasteiger partial charge < -0.3 is 9.80 Å². The minimum atomic E-state index is -0.199. The van der Waals surface area contributed by atoms with Crippen molar-refractivity contribution in [3.8, 4) is 0 Å². The highest BCUT2D eigenvalue weighted by Gasteiger charge is 2.48. The maximum absolute atomic E-state index is 12.7. The third-order valence-electron chi connectivity index (χ3n) is 5.11. The Morgan fingerprint density at radius 2 is 1.95 bits per heavy atom. The van der Waals surface area contributed by atoms with Gasteiger partial charge in [0.2, 0.25) is 11.8 Å². The van der Waals surface area contributed by atoms with Gasteiger partial charge in [0, 0.05) is 13.1 Å². The number of fused-ring (bicyclic) bond motifs is 1. The molecule has 4 heteroatoms. The molecule has 3 fully saturated rings. The lowest BCUT2D eigenvalue weighted by molar-refractivity contribution is -0.164. The summed E-state index contributed by atoms with van der Waals surface area (Å²) in [6.45, 7) is 5.83. The zero-order valence-corrected chi connectivity index (χ0v) is 12.0. The van der Waals surface area contributed by atoms with E-state index >= 15 is 0 Å². The molecular weight excluding hydrogens is 240 g/mol. The minimum absolute atomic E-state index is 0.155. The number of hydrogen-bond acceptors (Lipinski definition) is 2. The quantitative estimate of drug-likeness (QED) is 0.777. The summed E-state index contributed by atoms with van der Waals surface area (Å²) >= 11 is 0. The van der Waals surface area contributed by atoms with Crippen LogP contribution in [0.3, 0.4) is 0 Å². The first kappa shape index (κ1) is 12.9. The van der Waals surface area contributed by atoms with Crippen LogP contribution in [0.15, 0.2) is 0 Å². The molecule has 0 bridgehead atoms. The molecule has 4 nitrogen and oxygen atoms in total. The Kier molecular flexibility index (Phi) is 3.27. The molecular formula is C15H24N2O2. The van der Waals surface area contributed by atoms with Gasteiger partial charge in [-0.25, -0.2) is 0 Å². The second-order valence-electron chi connectivity index (χ2n) is 6.43. The number of carbonyl (C=O) groups is 2. The van der Waals surface area contributed by atoms with E-state index in [9.17, 15) is 9.59 Å². The molecule has 0 radical (unpaired) electrons. The van der Waals surface area contributed by atoms with Crippen LogP contribution in [0.4, 0.5) is 0 Å². The van der Waals surface area contributed by atoms with E-state index in [0.29, 0.717) is 5.92 Å². The van der Waals surface area contributed by atoms with E-state index in [-0.39, 0.29) is 23.9 Å². The van der Waals surface area contributed by atoms with E-state index in [1.54, 1.807) is 0 Å². The van der Waals surface area contributed by atoms with Crippen molar-refractivity contribution in [1.82, 2.24) is 9.80 Å². The Morgan fingerprint density at radius 3 is 2.58 bits per heavy atom. The number of carbonyl (C=O) groups excluding carboxylic acids is 2. The largest absolute Gasteiger partial charge is 0.329 e. The third-order valence-corrected chi connectivity index (χ3v) is 5.11. The van der Waals surface area contributed by atoms with Gasteiger partial charge in [-0.1, -0.05) is 13.8 Å².